The van der Waals surface area contributed by atoms with Crippen LogP contribution in [0.25, 0.3) is 20.4 Å². The van der Waals surface area contributed by atoms with Gasteiger partial charge in [-0.3, -0.25) is 0 Å². The quantitative estimate of drug-likeness (QED) is 0.257. The number of benzene rings is 2. The predicted molar refractivity (Wildman–Crippen MR) is 124 cm³/mol. The van der Waals surface area contributed by atoms with E-state index in [1.165, 1.54) is 35.1 Å². The molecular formula is C20H24N2S4. The van der Waals surface area contributed by atoms with Gasteiger partial charge in [-0.2, -0.15) is 0 Å². The van der Waals surface area contributed by atoms with Crippen molar-refractivity contribution in [2.45, 2.75) is 39.5 Å². The van der Waals surface area contributed by atoms with Gasteiger partial charge in [0.2, 0.25) is 0 Å². The first-order valence-corrected chi connectivity index (χ1v) is 11.2. The molecule has 0 aliphatic rings. The molecular weight excluding hydrogens is 397 g/mol. The summed E-state index contributed by atoms with van der Waals surface area (Å²) in [6.07, 6.45) is 5.54. The highest BCUT2D eigenvalue weighted by Gasteiger charge is 1.92. The van der Waals surface area contributed by atoms with Gasteiger partial charge in [0, 0.05) is 0 Å². The third kappa shape index (κ3) is 6.76. The summed E-state index contributed by atoms with van der Waals surface area (Å²) in [6.45, 7) is 4.46. The lowest BCUT2D eigenvalue weighted by molar-refractivity contribution is 0.702. The summed E-state index contributed by atoms with van der Waals surface area (Å²) in [5, 5.41) is 0. The lowest BCUT2D eigenvalue weighted by Gasteiger charge is -1.86. The van der Waals surface area contributed by atoms with E-state index >= 15 is 0 Å². The number of fused-ring (bicyclic) bond motifs is 2. The molecule has 0 unspecified atom stereocenters. The van der Waals surface area contributed by atoms with Crippen molar-refractivity contribution in [3.63, 3.8) is 0 Å². The Balaban J connectivity index is 0.000000146. The third-order valence-electron chi connectivity index (χ3n) is 3.61. The van der Waals surface area contributed by atoms with Gasteiger partial charge in [0.25, 0.3) is 0 Å². The van der Waals surface area contributed by atoms with Crippen molar-refractivity contribution in [2.75, 3.05) is 0 Å². The molecule has 0 aliphatic heterocycles. The van der Waals surface area contributed by atoms with Gasteiger partial charge in [-0.15, -0.1) is 22.7 Å². The van der Waals surface area contributed by atoms with Crippen molar-refractivity contribution in [3.8, 4) is 0 Å². The average molecular weight is 421 g/mol. The van der Waals surface area contributed by atoms with Crippen LogP contribution >= 0.6 is 47.1 Å². The first kappa shape index (κ1) is 21.0. The lowest BCUT2D eigenvalue weighted by Crippen LogP contribution is -1.66. The fraction of sp³-hybridized carbons (Fsp3) is 0.300. The molecule has 2 aromatic heterocycles. The fourth-order valence-corrected chi connectivity index (χ4v) is 4.52. The first-order chi connectivity index (χ1) is 12.6. The highest BCUT2D eigenvalue weighted by Crippen LogP contribution is 2.18. The van der Waals surface area contributed by atoms with Crippen molar-refractivity contribution >= 4 is 67.5 Å². The predicted octanol–water partition coefficient (Wildman–Crippen LogP) is 8.50. The molecule has 0 radical (unpaired) electrons. The van der Waals surface area contributed by atoms with Gasteiger partial charge in [0.1, 0.15) is 0 Å². The van der Waals surface area contributed by atoms with E-state index in [1.54, 1.807) is 22.7 Å². The van der Waals surface area contributed by atoms with Crippen molar-refractivity contribution in [3.05, 3.63) is 56.4 Å². The number of nitrogens with one attached hydrogen (secondary N) is 2. The summed E-state index contributed by atoms with van der Waals surface area (Å²) < 4.78 is 4.16. The van der Waals surface area contributed by atoms with E-state index in [9.17, 15) is 0 Å². The van der Waals surface area contributed by atoms with Crippen LogP contribution in [0.1, 0.15) is 39.5 Å². The summed E-state index contributed by atoms with van der Waals surface area (Å²) in [4.78, 5) is 6.18. The molecule has 4 rings (SSSR count). The minimum atomic E-state index is 0.848. The highest BCUT2D eigenvalue weighted by molar-refractivity contribution is 7.74. The molecule has 4 aromatic rings. The number of hydrogen-bond acceptors (Lipinski definition) is 4. The number of aromatic amines is 2. The number of thiazole rings is 2. The van der Waals surface area contributed by atoms with Gasteiger partial charge in [-0.1, -0.05) is 63.8 Å². The minimum Gasteiger partial charge on any atom is -0.337 e. The molecule has 0 saturated heterocycles. The Morgan fingerprint density at radius 1 is 0.692 bits per heavy atom. The van der Waals surface area contributed by atoms with E-state index in [0.29, 0.717) is 0 Å². The molecule has 0 amide bonds. The summed E-state index contributed by atoms with van der Waals surface area (Å²) in [7, 11) is 0. The van der Waals surface area contributed by atoms with Crippen molar-refractivity contribution in [1.29, 1.82) is 0 Å². The molecule has 2 nitrogen and oxygen atoms in total. The molecule has 26 heavy (non-hydrogen) atoms. The largest absolute Gasteiger partial charge is 0.337 e. The van der Waals surface area contributed by atoms with Crippen LogP contribution in [0, 0.1) is 7.91 Å². The zero-order chi connectivity index (χ0) is 18.8. The number of H-pyrrole nitrogens is 2. The smallest absolute Gasteiger partial charge is 0.159 e. The molecule has 0 fully saturated rings. The van der Waals surface area contributed by atoms with Crippen molar-refractivity contribution in [2.24, 2.45) is 0 Å². The van der Waals surface area contributed by atoms with Crippen LogP contribution in [0.2, 0.25) is 0 Å². The molecule has 2 N–H and O–H groups in total. The number of unbranched alkanes of at least 4 members (excludes halogenated alkanes) is 3. The Morgan fingerprint density at radius 3 is 1.42 bits per heavy atom. The Hall–Kier alpha value is -1.34. The van der Waals surface area contributed by atoms with Crippen molar-refractivity contribution < 1.29 is 0 Å². The zero-order valence-corrected chi connectivity index (χ0v) is 18.3. The van der Waals surface area contributed by atoms with Gasteiger partial charge in [0.15, 0.2) is 7.91 Å². The zero-order valence-electron chi connectivity index (χ0n) is 15.1. The summed E-state index contributed by atoms with van der Waals surface area (Å²) in [5.74, 6) is 0. The van der Waals surface area contributed by atoms with Gasteiger partial charge in [-0.05, 0) is 48.7 Å². The summed E-state index contributed by atoms with van der Waals surface area (Å²) >= 11 is 13.2. The average Bonchev–Trinajstić information content (AvgIpc) is 3.21. The number of rotatable bonds is 3. The van der Waals surface area contributed by atoms with Crippen LogP contribution in [0.4, 0.5) is 0 Å². The van der Waals surface area contributed by atoms with E-state index in [4.69, 9.17) is 24.4 Å². The minimum absolute atomic E-state index is 0.848. The molecule has 0 atom stereocenters. The molecule has 0 spiro atoms. The van der Waals surface area contributed by atoms with Crippen LogP contribution < -0.4 is 0 Å². The molecule has 2 heterocycles. The fourth-order valence-electron chi connectivity index (χ4n) is 2.29. The normalized spacial score (nSPS) is 10.1. The van der Waals surface area contributed by atoms with E-state index < -0.39 is 0 Å². The van der Waals surface area contributed by atoms with Crippen LogP contribution in [-0.2, 0) is 0 Å². The van der Waals surface area contributed by atoms with E-state index in [-0.39, 0.29) is 0 Å². The second kappa shape index (κ2) is 11.4. The molecule has 2 aromatic carbocycles. The molecule has 138 valence electrons. The maximum Gasteiger partial charge on any atom is 0.159 e. The Labute approximate surface area is 172 Å². The van der Waals surface area contributed by atoms with E-state index in [2.05, 4.69) is 35.9 Å². The highest BCUT2D eigenvalue weighted by atomic mass is 32.2. The van der Waals surface area contributed by atoms with Crippen LogP contribution in [0.15, 0.2) is 48.5 Å². The molecule has 6 heteroatoms. The summed E-state index contributed by atoms with van der Waals surface area (Å²) in [6, 6.07) is 16.2. The maximum absolute atomic E-state index is 4.98. The molecule has 0 bridgehead atoms. The van der Waals surface area contributed by atoms with E-state index in [1.807, 2.05) is 36.4 Å². The van der Waals surface area contributed by atoms with Gasteiger partial charge in [-0.25, -0.2) is 0 Å². The lowest BCUT2D eigenvalue weighted by atomic mass is 10.2. The molecule has 0 aliphatic carbocycles. The van der Waals surface area contributed by atoms with Gasteiger partial charge >= 0.3 is 0 Å². The Kier molecular flexibility index (Phi) is 9.18. The molecule has 0 saturated carbocycles. The monoisotopic (exact) mass is 420 g/mol. The van der Waals surface area contributed by atoms with Crippen LogP contribution in [0.5, 0.6) is 0 Å². The SMILES string of the molecule is CCCCCC.S=c1[nH]c2ccccc2s1.S=c1[nH]c2ccccc2s1. The Bertz CT molecular complexity index is 867. The standard InChI is InChI=1S/2C7H5NS2.C6H14/c2*9-7-8-5-3-1-2-4-6(5)10-7;1-3-5-6-4-2/h2*1-4H,(H,8,9);3-6H2,1-2H3. The number of aromatic nitrogens is 2. The third-order valence-corrected chi connectivity index (χ3v) is 6.04. The van der Waals surface area contributed by atoms with Crippen LogP contribution in [0.3, 0.4) is 0 Å². The number of hydrogen-bond donors (Lipinski definition) is 2. The number of para-hydroxylation sites is 2. The topological polar surface area (TPSA) is 31.6 Å². The second-order valence-corrected chi connectivity index (χ2v) is 9.17. The second-order valence-electron chi connectivity index (χ2n) is 5.73. The summed E-state index contributed by atoms with van der Waals surface area (Å²) in [5.41, 5.74) is 2.27. The van der Waals surface area contributed by atoms with Crippen molar-refractivity contribution in [1.82, 2.24) is 9.97 Å². The van der Waals surface area contributed by atoms with E-state index in [0.717, 1.165) is 18.9 Å². The Morgan fingerprint density at radius 2 is 1.08 bits per heavy atom. The van der Waals surface area contributed by atoms with Gasteiger partial charge in [0.05, 0.1) is 20.4 Å². The van der Waals surface area contributed by atoms with Gasteiger partial charge < -0.3 is 9.97 Å². The first-order valence-electron chi connectivity index (χ1n) is 8.79. The maximum atomic E-state index is 4.98. The van der Waals surface area contributed by atoms with Crippen LogP contribution in [-0.4, -0.2) is 9.97 Å².